The van der Waals surface area contributed by atoms with E-state index in [0.29, 0.717) is 6.42 Å². The van der Waals surface area contributed by atoms with Crippen molar-refractivity contribution in [1.29, 1.82) is 0 Å². The largest absolute Gasteiger partial charge is 0.392 e. The molecular formula is C14H18FN3O. The number of hydrogen-bond donors (Lipinski definition) is 1. The highest BCUT2D eigenvalue weighted by atomic mass is 19.1. The highest BCUT2D eigenvalue weighted by Gasteiger charge is 2.30. The monoisotopic (exact) mass is 263 g/mol. The number of halogens is 1. The SMILES string of the molecule is Cn1cc(CC(O)C(C)(C)c2ccc(F)cc2)nn1. The lowest BCUT2D eigenvalue weighted by molar-refractivity contribution is 0.0990. The van der Waals surface area contributed by atoms with Crippen LogP contribution in [0.5, 0.6) is 0 Å². The fraction of sp³-hybridized carbons (Fsp3) is 0.429. The number of aromatic nitrogens is 3. The van der Waals surface area contributed by atoms with Crippen LogP contribution in [0.3, 0.4) is 0 Å². The molecule has 0 amide bonds. The summed E-state index contributed by atoms with van der Waals surface area (Å²) in [6.45, 7) is 3.86. The minimum absolute atomic E-state index is 0.275. The Bertz CT molecular complexity index is 548. The summed E-state index contributed by atoms with van der Waals surface area (Å²) in [5, 5.41) is 18.2. The van der Waals surface area contributed by atoms with Crippen LogP contribution in [0.25, 0.3) is 0 Å². The summed E-state index contributed by atoms with van der Waals surface area (Å²) < 4.78 is 14.5. The van der Waals surface area contributed by atoms with Gasteiger partial charge in [-0.3, -0.25) is 4.68 Å². The fourth-order valence-electron chi connectivity index (χ4n) is 2.01. The standard InChI is InChI=1S/C14H18FN3O/c1-14(2,10-4-6-11(15)7-5-10)13(19)8-12-9-18(3)17-16-12/h4-7,9,13,19H,8H2,1-3H3. The van der Waals surface area contributed by atoms with Crippen LogP contribution in [0.1, 0.15) is 25.1 Å². The first-order valence-corrected chi connectivity index (χ1v) is 6.19. The molecule has 1 N–H and O–H groups in total. The van der Waals surface area contributed by atoms with Gasteiger partial charge in [0.1, 0.15) is 5.82 Å². The van der Waals surface area contributed by atoms with Crippen LogP contribution in [0, 0.1) is 5.82 Å². The molecule has 0 aliphatic rings. The fourth-order valence-corrected chi connectivity index (χ4v) is 2.01. The van der Waals surface area contributed by atoms with E-state index < -0.39 is 11.5 Å². The van der Waals surface area contributed by atoms with Crippen LogP contribution < -0.4 is 0 Å². The van der Waals surface area contributed by atoms with Crippen molar-refractivity contribution < 1.29 is 9.50 Å². The predicted octanol–water partition coefficient (Wildman–Crippen LogP) is 1.84. The minimum atomic E-state index is -0.616. The lowest BCUT2D eigenvalue weighted by atomic mass is 9.78. The Balaban J connectivity index is 2.16. The molecule has 19 heavy (non-hydrogen) atoms. The van der Waals surface area contributed by atoms with Gasteiger partial charge in [-0.15, -0.1) is 5.10 Å². The van der Waals surface area contributed by atoms with Crippen LogP contribution in [0.2, 0.25) is 0 Å². The first-order chi connectivity index (χ1) is 8.89. The lowest BCUT2D eigenvalue weighted by Crippen LogP contribution is -2.35. The summed E-state index contributed by atoms with van der Waals surface area (Å²) in [5.41, 5.74) is 1.15. The zero-order valence-corrected chi connectivity index (χ0v) is 11.3. The van der Waals surface area contributed by atoms with E-state index in [4.69, 9.17) is 0 Å². The van der Waals surface area contributed by atoms with Gasteiger partial charge in [0.05, 0.1) is 11.8 Å². The summed E-state index contributed by atoms with van der Waals surface area (Å²) in [6.07, 6.45) is 1.58. The number of nitrogens with zero attached hydrogens (tertiary/aromatic N) is 3. The van der Waals surface area contributed by atoms with Crippen molar-refractivity contribution in [2.24, 2.45) is 7.05 Å². The molecule has 0 aliphatic heterocycles. The average molecular weight is 263 g/mol. The van der Waals surface area contributed by atoms with E-state index >= 15 is 0 Å². The molecule has 0 fully saturated rings. The first-order valence-electron chi connectivity index (χ1n) is 6.19. The molecular weight excluding hydrogens is 245 g/mol. The van der Waals surface area contributed by atoms with Crippen LogP contribution in [0.15, 0.2) is 30.5 Å². The zero-order chi connectivity index (χ0) is 14.0. The maximum absolute atomic E-state index is 12.9. The van der Waals surface area contributed by atoms with Crippen LogP contribution >= 0.6 is 0 Å². The number of rotatable bonds is 4. The van der Waals surface area contributed by atoms with Gasteiger partial charge in [-0.1, -0.05) is 31.2 Å². The summed E-state index contributed by atoms with van der Waals surface area (Å²) in [4.78, 5) is 0. The van der Waals surface area contributed by atoms with Gasteiger partial charge in [0.2, 0.25) is 0 Å². The minimum Gasteiger partial charge on any atom is -0.392 e. The van der Waals surface area contributed by atoms with Crippen LogP contribution in [-0.2, 0) is 18.9 Å². The van der Waals surface area contributed by atoms with Crippen molar-refractivity contribution in [1.82, 2.24) is 15.0 Å². The Hall–Kier alpha value is -1.75. The summed E-state index contributed by atoms with van der Waals surface area (Å²) >= 11 is 0. The van der Waals surface area contributed by atoms with E-state index in [-0.39, 0.29) is 5.82 Å². The van der Waals surface area contributed by atoms with E-state index in [1.54, 1.807) is 30.1 Å². The predicted molar refractivity (Wildman–Crippen MR) is 70.1 cm³/mol. The molecule has 0 radical (unpaired) electrons. The summed E-state index contributed by atoms with van der Waals surface area (Å²) in [5.74, 6) is -0.275. The average Bonchev–Trinajstić information content (AvgIpc) is 2.75. The number of hydrogen-bond acceptors (Lipinski definition) is 3. The molecule has 0 spiro atoms. The third kappa shape index (κ3) is 2.98. The van der Waals surface area contributed by atoms with Crippen molar-refractivity contribution in [3.63, 3.8) is 0 Å². The van der Waals surface area contributed by atoms with Crippen molar-refractivity contribution in [3.8, 4) is 0 Å². The number of aliphatic hydroxyl groups excluding tert-OH is 1. The second-order valence-electron chi connectivity index (χ2n) is 5.33. The van der Waals surface area contributed by atoms with E-state index in [1.165, 1.54) is 12.1 Å². The molecule has 0 aliphatic carbocycles. The molecule has 4 nitrogen and oxygen atoms in total. The molecule has 0 saturated heterocycles. The van der Waals surface area contributed by atoms with Crippen LogP contribution in [0.4, 0.5) is 4.39 Å². The highest BCUT2D eigenvalue weighted by molar-refractivity contribution is 5.26. The van der Waals surface area contributed by atoms with E-state index in [1.807, 2.05) is 13.8 Å². The third-order valence-corrected chi connectivity index (χ3v) is 3.47. The van der Waals surface area contributed by atoms with Gasteiger partial charge in [0, 0.05) is 25.1 Å². The van der Waals surface area contributed by atoms with Crippen molar-refractivity contribution in [3.05, 3.63) is 47.5 Å². The molecule has 1 aromatic carbocycles. The van der Waals surface area contributed by atoms with E-state index in [0.717, 1.165) is 11.3 Å². The van der Waals surface area contributed by atoms with Gasteiger partial charge in [0.15, 0.2) is 0 Å². The molecule has 1 atom stereocenters. The molecule has 102 valence electrons. The normalized spacial score (nSPS) is 13.5. The Morgan fingerprint density at radius 1 is 1.32 bits per heavy atom. The maximum atomic E-state index is 12.9. The molecule has 1 unspecified atom stereocenters. The van der Waals surface area contributed by atoms with Gasteiger partial charge in [0.25, 0.3) is 0 Å². The van der Waals surface area contributed by atoms with E-state index in [9.17, 15) is 9.50 Å². The molecule has 2 rings (SSSR count). The lowest BCUT2D eigenvalue weighted by Gasteiger charge is -2.30. The molecule has 2 aromatic rings. The maximum Gasteiger partial charge on any atom is 0.123 e. The van der Waals surface area contributed by atoms with Gasteiger partial charge in [-0.05, 0) is 17.7 Å². The van der Waals surface area contributed by atoms with Crippen molar-refractivity contribution in [2.75, 3.05) is 0 Å². The zero-order valence-electron chi connectivity index (χ0n) is 11.3. The van der Waals surface area contributed by atoms with Crippen molar-refractivity contribution >= 4 is 0 Å². The first kappa shape index (κ1) is 13.7. The van der Waals surface area contributed by atoms with Crippen molar-refractivity contribution in [2.45, 2.75) is 31.8 Å². The number of aryl methyl sites for hydroxylation is 1. The van der Waals surface area contributed by atoms with Gasteiger partial charge in [-0.2, -0.15) is 0 Å². The highest BCUT2D eigenvalue weighted by Crippen LogP contribution is 2.28. The van der Waals surface area contributed by atoms with Gasteiger partial charge < -0.3 is 5.11 Å². The third-order valence-electron chi connectivity index (χ3n) is 3.47. The molecule has 1 heterocycles. The number of aliphatic hydroxyl groups is 1. The Kier molecular flexibility index (Phi) is 3.66. The quantitative estimate of drug-likeness (QED) is 0.915. The Labute approximate surface area is 111 Å². The van der Waals surface area contributed by atoms with Crippen LogP contribution in [-0.4, -0.2) is 26.2 Å². The van der Waals surface area contributed by atoms with Gasteiger partial charge >= 0.3 is 0 Å². The molecule has 0 saturated carbocycles. The Morgan fingerprint density at radius 3 is 2.47 bits per heavy atom. The van der Waals surface area contributed by atoms with Gasteiger partial charge in [-0.25, -0.2) is 4.39 Å². The summed E-state index contributed by atoms with van der Waals surface area (Å²) in [6, 6.07) is 6.22. The molecule has 1 aromatic heterocycles. The van der Waals surface area contributed by atoms with E-state index in [2.05, 4.69) is 10.3 Å². The topological polar surface area (TPSA) is 50.9 Å². The summed E-state index contributed by atoms with van der Waals surface area (Å²) in [7, 11) is 1.79. The second-order valence-corrected chi connectivity index (χ2v) is 5.33. The number of benzene rings is 1. The molecule has 0 bridgehead atoms. The Morgan fingerprint density at radius 2 is 1.95 bits per heavy atom. The second kappa shape index (κ2) is 5.09. The molecule has 5 heteroatoms. The smallest absolute Gasteiger partial charge is 0.123 e.